The summed E-state index contributed by atoms with van der Waals surface area (Å²) in [5, 5.41) is 5.37. The molecule has 0 bridgehead atoms. The number of para-hydroxylation sites is 2. The zero-order valence-electron chi connectivity index (χ0n) is 16.2. The van der Waals surface area contributed by atoms with Gasteiger partial charge in [0.1, 0.15) is 11.6 Å². The van der Waals surface area contributed by atoms with Crippen molar-refractivity contribution in [3.8, 4) is 5.75 Å². The van der Waals surface area contributed by atoms with E-state index in [2.05, 4.69) is 16.7 Å². The average molecular weight is 396 g/mol. The van der Waals surface area contributed by atoms with Crippen molar-refractivity contribution in [1.29, 1.82) is 0 Å². The lowest BCUT2D eigenvalue weighted by Crippen LogP contribution is -2.26. The number of nitrogens with one attached hydrogen (secondary N) is 2. The van der Waals surface area contributed by atoms with Crippen LogP contribution in [0, 0.1) is 5.82 Å². The van der Waals surface area contributed by atoms with Crippen LogP contribution in [0.25, 0.3) is 0 Å². The van der Waals surface area contributed by atoms with Crippen molar-refractivity contribution in [3.05, 3.63) is 71.6 Å². The van der Waals surface area contributed by atoms with Gasteiger partial charge in [-0.2, -0.15) is 0 Å². The zero-order chi connectivity index (χ0) is 20.5. The summed E-state index contributed by atoms with van der Waals surface area (Å²) in [4.78, 5) is 24.6. The summed E-state index contributed by atoms with van der Waals surface area (Å²) >= 11 is 0. The first-order valence-corrected chi connectivity index (χ1v) is 9.86. The minimum Gasteiger partial charge on any atom is -0.483 e. The number of ether oxygens (including phenoxy) is 1. The molecule has 0 radical (unpaired) electrons. The summed E-state index contributed by atoms with van der Waals surface area (Å²) < 4.78 is 19.1. The molecule has 0 unspecified atom stereocenters. The van der Waals surface area contributed by atoms with E-state index >= 15 is 0 Å². The van der Waals surface area contributed by atoms with E-state index in [-0.39, 0.29) is 18.2 Å². The number of allylic oxidation sites excluding steroid dienone is 1. The maximum absolute atomic E-state index is 13.6. The van der Waals surface area contributed by atoms with E-state index in [1.54, 1.807) is 36.4 Å². The van der Waals surface area contributed by atoms with Crippen molar-refractivity contribution < 1.29 is 18.7 Å². The minimum absolute atomic E-state index is 0.0872. The first-order valence-electron chi connectivity index (χ1n) is 9.86. The summed E-state index contributed by atoms with van der Waals surface area (Å²) in [6.45, 7) is 0.234. The van der Waals surface area contributed by atoms with E-state index in [0.717, 1.165) is 19.3 Å². The Morgan fingerprint density at radius 3 is 2.62 bits per heavy atom. The quantitative estimate of drug-likeness (QED) is 0.647. The summed E-state index contributed by atoms with van der Waals surface area (Å²) in [5.74, 6) is -0.958. The van der Waals surface area contributed by atoms with E-state index in [1.807, 2.05) is 0 Å². The van der Waals surface area contributed by atoms with Crippen LogP contribution in [-0.2, 0) is 4.79 Å². The Hall–Kier alpha value is -3.15. The second-order valence-electron chi connectivity index (χ2n) is 6.93. The Bertz CT molecular complexity index is 895. The number of anilines is 1. The number of carbonyl (C=O) groups excluding carboxylic acids is 2. The van der Waals surface area contributed by atoms with E-state index in [9.17, 15) is 14.0 Å². The molecule has 0 saturated carbocycles. The fraction of sp³-hybridized carbons (Fsp3) is 0.304. The molecule has 2 aromatic rings. The molecule has 2 amide bonds. The van der Waals surface area contributed by atoms with Gasteiger partial charge >= 0.3 is 0 Å². The SMILES string of the molecule is O=C(COc1ccccc1C(=O)NCCC1=CCCCC1)Nc1ccccc1F. The van der Waals surface area contributed by atoms with Gasteiger partial charge in [-0.05, 0) is 56.4 Å². The summed E-state index contributed by atoms with van der Waals surface area (Å²) in [6.07, 6.45) is 7.79. The number of amides is 2. The number of rotatable bonds is 8. The third-order valence-corrected chi connectivity index (χ3v) is 4.76. The molecular formula is C23H25FN2O3. The fourth-order valence-corrected chi connectivity index (χ4v) is 3.24. The van der Waals surface area contributed by atoms with Gasteiger partial charge < -0.3 is 15.4 Å². The first kappa shape index (κ1) is 20.6. The third-order valence-electron chi connectivity index (χ3n) is 4.76. The lowest BCUT2D eigenvalue weighted by atomic mass is 9.97. The Labute approximate surface area is 170 Å². The second kappa shape index (κ2) is 10.4. The van der Waals surface area contributed by atoms with E-state index < -0.39 is 11.7 Å². The van der Waals surface area contributed by atoms with E-state index in [0.29, 0.717) is 17.9 Å². The molecule has 0 aromatic heterocycles. The number of benzene rings is 2. The average Bonchev–Trinajstić information content (AvgIpc) is 2.75. The van der Waals surface area contributed by atoms with Gasteiger partial charge in [0.2, 0.25) is 0 Å². The molecular weight excluding hydrogens is 371 g/mol. The summed E-state index contributed by atoms with van der Waals surface area (Å²) in [7, 11) is 0. The molecule has 1 aliphatic carbocycles. The van der Waals surface area contributed by atoms with E-state index in [1.165, 1.54) is 30.5 Å². The number of carbonyl (C=O) groups is 2. The van der Waals surface area contributed by atoms with Crippen molar-refractivity contribution in [3.63, 3.8) is 0 Å². The zero-order valence-corrected chi connectivity index (χ0v) is 16.2. The van der Waals surface area contributed by atoms with Crippen molar-refractivity contribution in [2.45, 2.75) is 32.1 Å². The lowest BCUT2D eigenvalue weighted by Gasteiger charge is -2.14. The highest BCUT2D eigenvalue weighted by atomic mass is 19.1. The smallest absolute Gasteiger partial charge is 0.262 e. The van der Waals surface area contributed by atoms with Crippen LogP contribution >= 0.6 is 0 Å². The molecule has 3 rings (SSSR count). The summed E-state index contributed by atoms with van der Waals surface area (Å²) in [6, 6.07) is 12.7. The maximum atomic E-state index is 13.6. The Balaban J connectivity index is 1.52. The Morgan fingerprint density at radius 1 is 1.03 bits per heavy atom. The van der Waals surface area contributed by atoms with Crippen LogP contribution in [0.15, 0.2) is 60.2 Å². The number of halogens is 1. The van der Waals surface area contributed by atoms with Crippen molar-refractivity contribution in [2.75, 3.05) is 18.5 Å². The van der Waals surface area contributed by atoms with Crippen molar-refractivity contribution >= 4 is 17.5 Å². The van der Waals surface area contributed by atoms with Crippen LogP contribution in [-0.4, -0.2) is 25.0 Å². The van der Waals surface area contributed by atoms with Crippen LogP contribution in [0.4, 0.5) is 10.1 Å². The standard InChI is InChI=1S/C23H25FN2O3/c24-19-11-5-6-12-20(19)26-22(27)16-29-21-13-7-4-10-18(21)23(28)25-15-14-17-8-2-1-3-9-17/h4-8,10-13H,1-3,9,14-16H2,(H,25,28)(H,26,27). The molecule has 152 valence electrons. The molecule has 2 aromatic carbocycles. The van der Waals surface area contributed by atoms with Crippen LogP contribution < -0.4 is 15.4 Å². The van der Waals surface area contributed by atoms with Crippen LogP contribution in [0.5, 0.6) is 5.75 Å². The molecule has 0 saturated heterocycles. The molecule has 0 aliphatic heterocycles. The van der Waals surface area contributed by atoms with Gasteiger partial charge in [0, 0.05) is 6.54 Å². The molecule has 0 atom stereocenters. The van der Waals surface area contributed by atoms with Gasteiger partial charge in [0.25, 0.3) is 11.8 Å². The van der Waals surface area contributed by atoms with Crippen LogP contribution in [0.3, 0.4) is 0 Å². The predicted molar refractivity (Wildman–Crippen MR) is 110 cm³/mol. The lowest BCUT2D eigenvalue weighted by molar-refractivity contribution is -0.118. The van der Waals surface area contributed by atoms with Crippen molar-refractivity contribution in [2.24, 2.45) is 0 Å². The second-order valence-corrected chi connectivity index (χ2v) is 6.93. The predicted octanol–water partition coefficient (Wildman–Crippen LogP) is 4.46. The van der Waals surface area contributed by atoms with Crippen LogP contribution in [0.2, 0.25) is 0 Å². The minimum atomic E-state index is -0.520. The molecule has 0 heterocycles. The summed E-state index contributed by atoms with van der Waals surface area (Å²) in [5.41, 5.74) is 1.85. The molecule has 0 fully saturated rings. The molecule has 2 N–H and O–H groups in total. The largest absolute Gasteiger partial charge is 0.483 e. The number of hydrogen-bond donors (Lipinski definition) is 2. The third kappa shape index (κ3) is 6.17. The highest BCUT2D eigenvalue weighted by Crippen LogP contribution is 2.21. The van der Waals surface area contributed by atoms with Crippen molar-refractivity contribution in [1.82, 2.24) is 5.32 Å². The number of hydrogen-bond acceptors (Lipinski definition) is 3. The van der Waals surface area contributed by atoms with E-state index in [4.69, 9.17) is 4.74 Å². The highest BCUT2D eigenvalue weighted by molar-refractivity contribution is 5.97. The maximum Gasteiger partial charge on any atom is 0.262 e. The van der Waals surface area contributed by atoms with Gasteiger partial charge in [-0.1, -0.05) is 35.9 Å². The molecule has 0 spiro atoms. The highest BCUT2D eigenvalue weighted by Gasteiger charge is 2.14. The Morgan fingerprint density at radius 2 is 1.83 bits per heavy atom. The molecule has 29 heavy (non-hydrogen) atoms. The monoisotopic (exact) mass is 396 g/mol. The van der Waals surface area contributed by atoms with Gasteiger partial charge in [0.05, 0.1) is 11.3 Å². The van der Waals surface area contributed by atoms with Gasteiger partial charge in [-0.3, -0.25) is 9.59 Å². The fourth-order valence-electron chi connectivity index (χ4n) is 3.24. The molecule has 6 heteroatoms. The van der Waals surface area contributed by atoms with Gasteiger partial charge in [-0.15, -0.1) is 0 Å². The van der Waals surface area contributed by atoms with Gasteiger partial charge in [-0.25, -0.2) is 4.39 Å². The van der Waals surface area contributed by atoms with Gasteiger partial charge in [0.15, 0.2) is 6.61 Å². The molecule has 1 aliphatic rings. The van der Waals surface area contributed by atoms with Crippen LogP contribution in [0.1, 0.15) is 42.5 Å². The Kier molecular flexibility index (Phi) is 7.39. The topological polar surface area (TPSA) is 67.4 Å². The normalized spacial score (nSPS) is 13.3. The molecule has 5 nitrogen and oxygen atoms in total. The first-order chi connectivity index (χ1) is 14.1.